The third-order valence-corrected chi connectivity index (χ3v) is 5.50. The molecule has 0 aliphatic carbocycles. The lowest BCUT2D eigenvalue weighted by Gasteiger charge is -2.14. The zero-order valence-electron chi connectivity index (χ0n) is 17.1. The van der Waals surface area contributed by atoms with Gasteiger partial charge in [0.1, 0.15) is 17.4 Å². The van der Waals surface area contributed by atoms with Crippen molar-refractivity contribution in [1.82, 2.24) is 9.97 Å². The summed E-state index contributed by atoms with van der Waals surface area (Å²) in [5.74, 6) is 2.69. The monoisotopic (exact) mass is 404 g/mol. The van der Waals surface area contributed by atoms with Crippen LogP contribution in [0, 0.1) is 24.2 Å². The van der Waals surface area contributed by atoms with Crippen LogP contribution in [0.1, 0.15) is 25.0 Å². The van der Waals surface area contributed by atoms with E-state index < -0.39 is 0 Å². The standard InChI is InChI=1S/C23H24N4OS/c1-15(2)14-29-23-26-21(17-7-11-19(28-4)12-8-17)20(13-24)22(27-23)25-18-9-5-16(3)6-10-18/h5-12,15H,14H2,1-4H3,(H,25,26,27). The van der Waals surface area contributed by atoms with E-state index in [9.17, 15) is 5.26 Å². The second kappa shape index (κ2) is 9.44. The van der Waals surface area contributed by atoms with E-state index in [1.807, 2.05) is 55.5 Å². The molecule has 0 aliphatic rings. The van der Waals surface area contributed by atoms with Crippen LogP contribution in [0.4, 0.5) is 11.5 Å². The Morgan fingerprint density at radius 1 is 1.07 bits per heavy atom. The van der Waals surface area contributed by atoms with Crippen LogP contribution in [-0.2, 0) is 0 Å². The number of aromatic nitrogens is 2. The average molecular weight is 405 g/mol. The third-order valence-electron chi connectivity index (χ3n) is 4.22. The lowest BCUT2D eigenvalue weighted by atomic mass is 10.1. The average Bonchev–Trinajstić information content (AvgIpc) is 2.73. The maximum Gasteiger partial charge on any atom is 0.190 e. The minimum absolute atomic E-state index is 0.421. The van der Waals surface area contributed by atoms with Crippen molar-refractivity contribution in [3.05, 3.63) is 59.7 Å². The summed E-state index contributed by atoms with van der Waals surface area (Å²) in [6, 6.07) is 17.8. The number of nitrogens with one attached hydrogen (secondary N) is 1. The van der Waals surface area contributed by atoms with Gasteiger partial charge in [0.25, 0.3) is 0 Å². The van der Waals surface area contributed by atoms with Crippen LogP contribution >= 0.6 is 11.8 Å². The van der Waals surface area contributed by atoms with E-state index in [-0.39, 0.29) is 0 Å². The van der Waals surface area contributed by atoms with Crippen molar-refractivity contribution in [2.75, 3.05) is 18.2 Å². The molecular weight excluding hydrogens is 380 g/mol. The SMILES string of the molecule is COc1ccc(-c2nc(SCC(C)C)nc(Nc3ccc(C)cc3)c2C#N)cc1. The summed E-state index contributed by atoms with van der Waals surface area (Å²) >= 11 is 1.60. The van der Waals surface area contributed by atoms with Gasteiger partial charge in [-0.3, -0.25) is 0 Å². The summed E-state index contributed by atoms with van der Waals surface area (Å²) in [7, 11) is 1.63. The molecule has 6 heteroatoms. The molecule has 0 radical (unpaired) electrons. The van der Waals surface area contributed by atoms with Gasteiger partial charge in [0.2, 0.25) is 0 Å². The van der Waals surface area contributed by atoms with E-state index >= 15 is 0 Å². The van der Waals surface area contributed by atoms with Crippen LogP contribution in [0.25, 0.3) is 11.3 Å². The number of methoxy groups -OCH3 is 1. The molecule has 1 heterocycles. The van der Waals surface area contributed by atoms with Gasteiger partial charge in [-0.25, -0.2) is 9.97 Å². The highest BCUT2D eigenvalue weighted by atomic mass is 32.2. The molecule has 1 aromatic heterocycles. The van der Waals surface area contributed by atoms with Gasteiger partial charge in [0.15, 0.2) is 11.0 Å². The summed E-state index contributed by atoms with van der Waals surface area (Å²) in [4.78, 5) is 9.35. The predicted molar refractivity (Wildman–Crippen MR) is 119 cm³/mol. The number of ether oxygens (including phenoxy) is 1. The smallest absolute Gasteiger partial charge is 0.190 e. The van der Waals surface area contributed by atoms with Gasteiger partial charge in [-0.15, -0.1) is 0 Å². The molecule has 3 aromatic rings. The van der Waals surface area contributed by atoms with E-state index in [0.29, 0.717) is 28.1 Å². The maximum atomic E-state index is 9.89. The zero-order chi connectivity index (χ0) is 20.8. The summed E-state index contributed by atoms with van der Waals surface area (Å²) < 4.78 is 5.25. The van der Waals surface area contributed by atoms with Gasteiger partial charge in [-0.05, 0) is 49.2 Å². The van der Waals surface area contributed by atoms with Crippen molar-refractivity contribution in [3.63, 3.8) is 0 Å². The van der Waals surface area contributed by atoms with Gasteiger partial charge in [0, 0.05) is 17.0 Å². The number of nitrogens with zero attached hydrogens (tertiary/aromatic N) is 3. The summed E-state index contributed by atoms with van der Waals surface area (Å²) in [5, 5.41) is 13.8. The van der Waals surface area contributed by atoms with Crippen LogP contribution < -0.4 is 10.1 Å². The van der Waals surface area contributed by atoms with Crippen LogP contribution in [0.5, 0.6) is 5.75 Å². The number of anilines is 2. The van der Waals surface area contributed by atoms with Crippen molar-refractivity contribution in [2.24, 2.45) is 5.92 Å². The first-order chi connectivity index (χ1) is 14.0. The second-order valence-corrected chi connectivity index (χ2v) is 8.10. The van der Waals surface area contributed by atoms with E-state index in [0.717, 1.165) is 22.8 Å². The Morgan fingerprint density at radius 2 is 1.76 bits per heavy atom. The molecule has 0 atom stereocenters. The molecular formula is C23H24N4OS. The highest BCUT2D eigenvalue weighted by molar-refractivity contribution is 7.99. The van der Waals surface area contributed by atoms with E-state index in [2.05, 4.69) is 30.2 Å². The number of thioether (sulfide) groups is 1. The van der Waals surface area contributed by atoms with Crippen molar-refractivity contribution < 1.29 is 4.74 Å². The topological polar surface area (TPSA) is 70.8 Å². The van der Waals surface area contributed by atoms with Crippen LogP contribution in [-0.4, -0.2) is 22.8 Å². The Morgan fingerprint density at radius 3 is 2.34 bits per heavy atom. The van der Waals surface area contributed by atoms with E-state index in [1.54, 1.807) is 18.9 Å². The molecule has 0 saturated carbocycles. The van der Waals surface area contributed by atoms with Crippen LogP contribution in [0.15, 0.2) is 53.7 Å². The molecule has 2 aromatic carbocycles. The van der Waals surface area contributed by atoms with E-state index in [1.165, 1.54) is 5.56 Å². The number of hydrogen-bond donors (Lipinski definition) is 1. The van der Waals surface area contributed by atoms with Crippen LogP contribution in [0.2, 0.25) is 0 Å². The summed E-state index contributed by atoms with van der Waals surface area (Å²) in [6.45, 7) is 6.36. The molecule has 0 aliphatic heterocycles. The fourth-order valence-corrected chi connectivity index (χ4v) is 3.47. The van der Waals surface area contributed by atoms with Gasteiger partial charge in [0.05, 0.1) is 12.8 Å². The first-order valence-electron chi connectivity index (χ1n) is 9.43. The summed E-state index contributed by atoms with van der Waals surface area (Å²) in [6.07, 6.45) is 0. The van der Waals surface area contributed by atoms with Crippen molar-refractivity contribution in [3.8, 4) is 23.1 Å². The van der Waals surface area contributed by atoms with Crippen molar-refractivity contribution >= 4 is 23.3 Å². The Labute approximate surface area is 176 Å². The van der Waals surface area contributed by atoms with Gasteiger partial charge in [-0.1, -0.05) is 43.3 Å². The van der Waals surface area contributed by atoms with Gasteiger partial charge in [-0.2, -0.15) is 5.26 Å². The van der Waals surface area contributed by atoms with Crippen LogP contribution in [0.3, 0.4) is 0 Å². The van der Waals surface area contributed by atoms with Gasteiger partial charge >= 0.3 is 0 Å². The Bertz CT molecular complexity index is 1010. The molecule has 148 valence electrons. The first-order valence-corrected chi connectivity index (χ1v) is 10.4. The molecule has 29 heavy (non-hydrogen) atoms. The minimum atomic E-state index is 0.421. The Hall–Kier alpha value is -3.04. The number of hydrogen-bond acceptors (Lipinski definition) is 6. The Kier molecular flexibility index (Phi) is 6.73. The lowest BCUT2D eigenvalue weighted by Crippen LogP contribution is -2.04. The molecule has 0 amide bonds. The molecule has 0 bridgehead atoms. The fourth-order valence-electron chi connectivity index (χ4n) is 2.67. The lowest BCUT2D eigenvalue weighted by molar-refractivity contribution is 0.415. The largest absolute Gasteiger partial charge is 0.497 e. The molecule has 0 unspecified atom stereocenters. The quantitative estimate of drug-likeness (QED) is 0.395. The zero-order valence-corrected chi connectivity index (χ0v) is 17.9. The molecule has 1 N–H and O–H groups in total. The number of nitriles is 1. The molecule has 0 saturated heterocycles. The minimum Gasteiger partial charge on any atom is -0.497 e. The second-order valence-electron chi connectivity index (χ2n) is 7.11. The van der Waals surface area contributed by atoms with E-state index in [4.69, 9.17) is 9.72 Å². The number of benzene rings is 2. The molecule has 3 rings (SSSR count). The highest BCUT2D eigenvalue weighted by Gasteiger charge is 2.17. The molecule has 5 nitrogen and oxygen atoms in total. The number of rotatable bonds is 7. The Balaban J connectivity index is 2.07. The molecule has 0 fully saturated rings. The normalized spacial score (nSPS) is 10.6. The summed E-state index contributed by atoms with van der Waals surface area (Å²) in [5.41, 5.74) is 3.94. The highest BCUT2D eigenvalue weighted by Crippen LogP contribution is 2.32. The van der Waals surface area contributed by atoms with Gasteiger partial charge < -0.3 is 10.1 Å². The number of aryl methyl sites for hydroxylation is 1. The third kappa shape index (κ3) is 5.27. The first kappa shape index (κ1) is 20.7. The van der Waals surface area contributed by atoms with Crippen molar-refractivity contribution in [1.29, 1.82) is 5.26 Å². The van der Waals surface area contributed by atoms with Crippen molar-refractivity contribution in [2.45, 2.75) is 25.9 Å². The predicted octanol–water partition coefficient (Wildman–Crippen LogP) is 5.82. The molecule has 0 spiro atoms. The maximum absolute atomic E-state index is 9.89. The fraction of sp³-hybridized carbons (Fsp3) is 0.261.